The Balaban J connectivity index is 2.21. The molecule has 19 heavy (non-hydrogen) atoms. The molecule has 6 heteroatoms. The van der Waals surface area contributed by atoms with E-state index in [0.29, 0.717) is 24.6 Å². The van der Waals surface area contributed by atoms with Gasteiger partial charge in [-0.15, -0.1) is 0 Å². The fourth-order valence-electron chi connectivity index (χ4n) is 2.19. The molecular weight excluding hydrogens is 248 g/mol. The van der Waals surface area contributed by atoms with E-state index in [1.165, 1.54) is 0 Å². The normalized spacial score (nSPS) is 18.4. The molecule has 1 atom stereocenters. The molecule has 0 bridgehead atoms. The van der Waals surface area contributed by atoms with Crippen LogP contribution in [0.2, 0.25) is 0 Å². The van der Waals surface area contributed by atoms with E-state index in [1.807, 2.05) is 12.1 Å². The predicted octanol–water partition coefficient (Wildman–Crippen LogP) is 0.762. The van der Waals surface area contributed by atoms with E-state index in [-0.39, 0.29) is 18.7 Å². The van der Waals surface area contributed by atoms with Gasteiger partial charge in [0, 0.05) is 24.7 Å². The summed E-state index contributed by atoms with van der Waals surface area (Å²) in [6, 6.07) is 5.19. The minimum absolute atomic E-state index is 0.0418. The van der Waals surface area contributed by atoms with Crippen LogP contribution in [-0.4, -0.2) is 50.0 Å². The van der Waals surface area contributed by atoms with Gasteiger partial charge in [-0.05, 0) is 12.1 Å². The van der Waals surface area contributed by atoms with Crippen LogP contribution in [0, 0.1) is 0 Å². The Kier molecular flexibility index (Phi) is 4.11. The van der Waals surface area contributed by atoms with Crippen molar-refractivity contribution in [3.63, 3.8) is 0 Å². The Hall–Kier alpha value is -1.95. The third-order valence-electron chi connectivity index (χ3n) is 3.17. The first-order chi connectivity index (χ1) is 9.19. The highest BCUT2D eigenvalue weighted by atomic mass is 16.5. The second-order valence-corrected chi connectivity index (χ2v) is 4.28. The maximum absolute atomic E-state index is 11.7. The van der Waals surface area contributed by atoms with Gasteiger partial charge in [-0.1, -0.05) is 0 Å². The second-order valence-electron chi connectivity index (χ2n) is 4.28. The summed E-state index contributed by atoms with van der Waals surface area (Å²) in [5.74, 6) is 1.38. The van der Waals surface area contributed by atoms with Gasteiger partial charge < -0.3 is 24.8 Å². The van der Waals surface area contributed by atoms with Gasteiger partial charge in [-0.3, -0.25) is 0 Å². The zero-order valence-corrected chi connectivity index (χ0v) is 11.0. The molecule has 0 saturated carbocycles. The van der Waals surface area contributed by atoms with Gasteiger partial charge in [0.1, 0.15) is 11.5 Å². The third-order valence-corrected chi connectivity index (χ3v) is 3.17. The Morgan fingerprint density at radius 3 is 2.84 bits per heavy atom. The number of benzene rings is 1. The van der Waals surface area contributed by atoms with Crippen LogP contribution in [0.5, 0.6) is 11.5 Å². The van der Waals surface area contributed by atoms with Crippen molar-refractivity contribution in [3.05, 3.63) is 23.8 Å². The maximum atomic E-state index is 11.7. The summed E-state index contributed by atoms with van der Waals surface area (Å²) in [6.07, 6.45) is 0. The number of urea groups is 1. The number of rotatable bonds is 5. The van der Waals surface area contributed by atoms with Crippen LogP contribution in [-0.2, 0) is 0 Å². The van der Waals surface area contributed by atoms with Crippen LogP contribution in [0.4, 0.5) is 4.79 Å². The molecule has 0 aromatic heterocycles. The number of methoxy groups -OCH3 is 2. The van der Waals surface area contributed by atoms with Crippen molar-refractivity contribution in [3.8, 4) is 11.5 Å². The van der Waals surface area contributed by atoms with Crippen molar-refractivity contribution in [1.82, 2.24) is 10.2 Å². The predicted molar refractivity (Wildman–Crippen MR) is 69.5 cm³/mol. The molecule has 6 nitrogen and oxygen atoms in total. The molecule has 104 valence electrons. The van der Waals surface area contributed by atoms with Crippen molar-refractivity contribution < 1.29 is 19.4 Å². The van der Waals surface area contributed by atoms with E-state index in [9.17, 15) is 4.79 Å². The number of nitrogens with zero attached hydrogens (tertiary/aromatic N) is 1. The van der Waals surface area contributed by atoms with Crippen LogP contribution in [0.25, 0.3) is 0 Å². The summed E-state index contributed by atoms with van der Waals surface area (Å²) in [7, 11) is 3.18. The summed E-state index contributed by atoms with van der Waals surface area (Å²) in [4.78, 5) is 13.3. The Bertz CT molecular complexity index is 464. The summed E-state index contributed by atoms with van der Waals surface area (Å²) in [6.45, 7) is 0.808. The summed E-state index contributed by atoms with van der Waals surface area (Å²) in [5, 5.41) is 11.8. The second kappa shape index (κ2) is 5.79. The van der Waals surface area contributed by atoms with E-state index >= 15 is 0 Å². The van der Waals surface area contributed by atoms with Crippen molar-refractivity contribution in [2.45, 2.75) is 6.04 Å². The van der Waals surface area contributed by atoms with E-state index < -0.39 is 0 Å². The van der Waals surface area contributed by atoms with Crippen LogP contribution >= 0.6 is 0 Å². The van der Waals surface area contributed by atoms with Crippen LogP contribution in [0.3, 0.4) is 0 Å². The molecule has 1 saturated heterocycles. The van der Waals surface area contributed by atoms with E-state index in [0.717, 1.165) is 5.56 Å². The largest absolute Gasteiger partial charge is 0.497 e. The molecule has 2 amide bonds. The Morgan fingerprint density at radius 1 is 1.42 bits per heavy atom. The molecule has 1 aromatic rings. The minimum atomic E-state index is -0.170. The zero-order valence-electron chi connectivity index (χ0n) is 11.0. The first-order valence-electron chi connectivity index (χ1n) is 6.07. The number of hydrogen-bond donors (Lipinski definition) is 2. The number of β-amino-alcohol motifs (C(OH)–C–C–N with tert-alkyl or cyclic N) is 1. The quantitative estimate of drug-likeness (QED) is 0.825. The van der Waals surface area contributed by atoms with Crippen molar-refractivity contribution in [2.75, 3.05) is 33.9 Å². The first kappa shape index (κ1) is 13.5. The van der Waals surface area contributed by atoms with Gasteiger partial charge in [0.15, 0.2) is 0 Å². The van der Waals surface area contributed by atoms with E-state index in [1.54, 1.807) is 25.2 Å². The molecule has 0 spiro atoms. The molecule has 1 unspecified atom stereocenters. The lowest BCUT2D eigenvalue weighted by Crippen LogP contribution is -2.30. The minimum Gasteiger partial charge on any atom is -0.497 e. The molecule has 0 aliphatic carbocycles. The molecule has 2 rings (SSSR count). The third kappa shape index (κ3) is 2.73. The lowest BCUT2D eigenvalue weighted by molar-refractivity contribution is 0.196. The zero-order chi connectivity index (χ0) is 13.8. The SMILES string of the molecule is COc1ccc(C2CN(CCO)C(=O)N2)c(OC)c1. The molecule has 1 fully saturated rings. The van der Waals surface area contributed by atoms with Gasteiger partial charge in [0.25, 0.3) is 0 Å². The monoisotopic (exact) mass is 266 g/mol. The van der Waals surface area contributed by atoms with Gasteiger partial charge >= 0.3 is 6.03 Å². The highest BCUT2D eigenvalue weighted by Crippen LogP contribution is 2.31. The molecule has 1 aliphatic rings. The van der Waals surface area contributed by atoms with Gasteiger partial charge in [0.2, 0.25) is 0 Å². The molecule has 1 aromatic carbocycles. The Morgan fingerprint density at radius 2 is 2.21 bits per heavy atom. The average Bonchev–Trinajstić information content (AvgIpc) is 2.79. The lowest BCUT2D eigenvalue weighted by atomic mass is 10.1. The number of ether oxygens (including phenoxy) is 2. The molecular formula is C13H18N2O4. The van der Waals surface area contributed by atoms with E-state index in [4.69, 9.17) is 14.6 Å². The van der Waals surface area contributed by atoms with Crippen molar-refractivity contribution in [2.24, 2.45) is 0 Å². The van der Waals surface area contributed by atoms with Crippen LogP contribution in [0.1, 0.15) is 11.6 Å². The fourth-order valence-corrected chi connectivity index (χ4v) is 2.19. The molecule has 2 N–H and O–H groups in total. The number of nitrogens with one attached hydrogen (secondary N) is 1. The number of hydrogen-bond acceptors (Lipinski definition) is 4. The summed E-state index contributed by atoms with van der Waals surface area (Å²) in [5.41, 5.74) is 0.900. The molecule has 1 aliphatic heterocycles. The van der Waals surface area contributed by atoms with Gasteiger partial charge in [0.05, 0.1) is 26.9 Å². The van der Waals surface area contributed by atoms with Crippen molar-refractivity contribution in [1.29, 1.82) is 0 Å². The first-order valence-corrected chi connectivity index (χ1v) is 6.07. The fraction of sp³-hybridized carbons (Fsp3) is 0.462. The average molecular weight is 266 g/mol. The van der Waals surface area contributed by atoms with E-state index in [2.05, 4.69) is 5.32 Å². The standard InChI is InChI=1S/C13H18N2O4/c1-18-9-3-4-10(12(7-9)19-2)11-8-15(5-6-16)13(17)14-11/h3-4,7,11,16H,5-6,8H2,1-2H3,(H,14,17). The Labute approximate surface area is 111 Å². The lowest BCUT2D eigenvalue weighted by Gasteiger charge is -2.16. The number of carbonyl (C=O) groups excluding carboxylic acids is 1. The van der Waals surface area contributed by atoms with Crippen LogP contribution < -0.4 is 14.8 Å². The highest BCUT2D eigenvalue weighted by molar-refractivity contribution is 5.77. The summed E-state index contributed by atoms with van der Waals surface area (Å²) < 4.78 is 10.5. The van der Waals surface area contributed by atoms with Crippen LogP contribution in [0.15, 0.2) is 18.2 Å². The number of aliphatic hydroxyl groups is 1. The van der Waals surface area contributed by atoms with Gasteiger partial charge in [-0.25, -0.2) is 4.79 Å². The summed E-state index contributed by atoms with van der Waals surface area (Å²) >= 11 is 0. The number of amides is 2. The van der Waals surface area contributed by atoms with Crippen molar-refractivity contribution >= 4 is 6.03 Å². The number of carbonyl (C=O) groups is 1. The number of aliphatic hydroxyl groups excluding tert-OH is 1. The maximum Gasteiger partial charge on any atom is 0.318 e. The molecule has 1 heterocycles. The smallest absolute Gasteiger partial charge is 0.318 e. The highest BCUT2D eigenvalue weighted by Gasteiger charge is 2.31. The van der Waals surface area contributed by atoms with Gasteiger partial charge in [-0.2, -0.15) is 0 Å². The molecule has 0 radical (unpaired) electrons. The topological polar surface area (TPSA) is 71.0 Å².